The molecule has 0 atom stereocenters. The number of carbonyl (C=O) groups excluding carboxylic acids is 1. The van der Waals surface area contributed by atoms with Crippen molar-refractivity contribution in [2.24, 2.45) is 0 Å². The van der Waals surface area contributed by atoms with Gasteiger partial charge in [-0.05, 0) is 29.1 Å². The first-order valence-corrected chi connectivity index (χ1v) is 5.55. The molecule has 1 aromatic carbocycles. The summed E-state index contributed by atoms with van der Waals surface area (Å²) in [6.07, 6.45) is 0. The van der Waals surface area contributed by atoms with E-state index in [4.69, 9.17) is 4.74 Å². The lowest BCUT2D eigenvalue weighted by atomic mass is 10.1. The zero-order chi connectivity index (χ0) is 11.5. The van der Waals surface area contributed by atoms with Crippen LogP contribution in [-0.4, -0.2) is 18.2 Å². The Bertz CT molecular complexity index is 516. The zero-order valence-corrected chi connectivity index (χ0v) is 9.45. The highest BCUT2D eigenvalue weighted by molar-refractivity contribution is 7.14. The molecule has 0 bridgehead atoms. The normalized spacial score (nSPS) is 10.1. The van der Waals surface area contributed by atoms with Crippen LogP contribution in [0.2, 0.25) is 0 Å². The largest absolute Gasteiger partial charge is 0.508 e. The van der Waals surface area contributed by atoms with Crippen LogP contribution in [0.5, 0.6) is 5.75 Å². The van der Waals surface area contributed by atoms with Crippen LogP contribution in [0, 0.1) is 0 Å². The van der Waals surface area contributed by atoms with Crippen molar-refractivity contribution in [1.29, 1.82) is 0 Å². The van der Waals surface area contributed by atoms with E-state index in [0.717, 1.165) is 10.4 Å². The highest BCUT2D eigenvalue weighted by atomic mass is 32.1. The summed E-state index contributed by atoms with van der Waals surface area (Å²) in [5.41, 5.74) is 1.34. The Labute approximate surface area is 96.9 Å². The van der Waals surface area contributed by atoms with Crippen LogP contribution >= 0.6 is 11.3 Å². The zero-order valence-electron chi connectivity index (χ0n) is 8.64. The number of phenolic OH excluding ortho intramolecular Hbond substituents is 1. The fourth-order valence-corrected chi connectivity index (χ4v) is 2.33. The molecule has 3 nitrogen and oxygen atoms in total. The molecule has 0 unspecified atom stereocenters. The third-order valence-electron chi connectivity index (χ3n) is 2.18. The van der Waals surface area contributed by atoms with Crippen molar-refractivity contribution in [2.75, 3.05) is 7.11 Å². The summed E-state index contributed by atoms with van der Waals surface area (Å²) in [5.74, 6) is -0.179. The molecule has 0 saturated heterocycles. The summed E-state index contributed by atoms with van der Waals surface area (Å²) >= 11 is 1.44. The van der Waals surface area contributed by atoms with Gasteiger partial charge in [-0.15, -0.1) is 11.3 Å². The number of carbonyl (C=O) groups is 1. The van der Waals surface area contributed by atoms with E-state index in [1.54, 1.807) is 24.3 Å². The van der Waals surface area contributed by atoms with Gasteiger partial charge in [-0.3, -0.25) is 0 Å². The third-order valence-corrected chi connectivity index (χ3v) is 3.14. The molecule has 1 aromatic heterocycles. The van der Waals surface area contributed by atoms with Gasteiger partial charge in [0, 0.05) is 4.88 Å². The molecule has 0 aliphatic rings. The smallest absolute Gasteiger partial charge is 0.339 e. The molecule has 0 aliphatic heterocycles. The van der Waals surface area contributed by atoms with E-state index in [0.29, 0.717) is 5.56 Å². The number of thiophene rings is 1. The number of aromatic hydroxyl groups is 1. The van der Waals surface area contributed by atoms with Crippen molar-refractivity contribution in [3.63, 3.8) is 0 Å². The highest BCUT2D eigenvalue weighted by Crippen LogP contribution is 2.31. The van der Waals surface area contributed by atoms with Crippen LogP contribution in [0.3, 0.4) is 0 Å². The number of hydrogen-bond acceptors (Lipinski definition) is 4. The lowest BCUT2D eigenvalue weighted by Gasteiger charge is -2.02. The first kappa shape index (κ1) is 10.7. The number of esters is 1. The maximum Gasteiger partial charge on any atom is 0.339 e. The molecular weight excluding hydrogens is 224 g/mol. The first-order valence-electron chi connectivity index (χ1n) is 4.67. The molecule has 0 amide bonds. The number of rotatable bonds is 2. The van der Waals surface area contributed by atoms with Crippen molar-refractivity contribution >= 4 is 17.3 Å². The summed E-state index contributed by atoms with van der Waals surface area (Å²) in [7, 11) is 1.35. The Morgan fingerprint density at radius 1 is 1.38 bits per heavy atom. The molecule has 2 aromatic rings. The van der Waals surface area contributed by atoms with Gasteiger partial charge in [-0.2, -0.15) is 0 Å². The van der Waals surface area contributed by atoms with E-state index < -0.39 is 0 Å². The fourth-order valence-electron chi connectivity index (χ4n) is 1.45. The average Bonchev–Trinajstić information content (AvgIpc) is 2.77. The van der Waals surface area contributed by atoms with E-state index in [-0.39, 0.29) is 11.7 Å². The van der Waals surface area contributed by atoms with E-state index in [2.05, 4.69) is 0 Å². The van der Waals surface area contributed by atoms with Gasteiger partial charge < -0.3 is 9.84 Å². The van der Waals surface area contributed by atoms with Crippen LogP contribution in [0.1, 0.15) is 10.4 Å². The molecule has 0 saturated carbocycles. The van der Waals surface area contributed by atoms with Crippen LogP contribution in [0.25, 0.3) is 10.4 Å². The Balaban J connectivity index is 2.48. The number of benzene rings is 1. The van der Waals surface area contributed by atoms with Gasteiger partial charge in [0.1, 0.15) is 5.75 Å². The molecule has 0 fully saturated rings. The van der Waals surface area contributed by atoms with Gasteiger partial charge in [-0.25, -0.2) is 4.79 Å². The number of methoxy groups -OCH3 is 1. The molecule has 2 rings (SSSR count). The molecule has 0 aliphatic carbocycles. The van der Waals surface area contributed by atoms with Crippen molar-refractivity contribution in [3.05, 3.63) is 41.3 Å². The molecule has 1 N–H and O–H groups in total. The summed E-state index contributed by atoms with van der Waals surface area (Å²) in [5, 5.41) is 11.2. The van der Waals surface area contributed by atoms with Crippen LogP contribution < -0.4 is 0 Å². The molecular formula is C12H10O3S. The highest BCUT2D eigenvalue weighted by Gasteiger charge is 2.14. The summed E-state index contributed by atoms with van der Waals surface area (Å²) < 4.78 is 4.69. The van der Waals surface area contributed by atoms with Gasteiger partial charge in [-0.1, -0.05) is 12.1 Å². The SMILES string of the molecule is COC(=O)c1ccsc1-c1cccc(O)c1. The predicted molar refractivity (Wildman–Crippen MR) is 62.8 cm³/mol. The minimum atomic E-state index is -0.361. The molecule has 82 valence electrons. The Kier molecular flexibility index (Phi) is 2.92. The Morgan fingerprint density at radius 3 is 2.88 bits per heavy atom. The van der Waals surface area contributed by atoms with Gasteiger partial charge >= 0.3 is 5.97 Å². The monoisotopic (exact) mass is 234 g/mol. The number of ether oxygens (including phenoxy) is 1. The third kappa shape index (κ3) is 1.92. The molecule has 16 heavy (non-hydrogen) atoms. The molecule has 1 heterocycles. The lowest BCUT2D eigenvalue weighted by molar-refractivity contribution is 0.0602. The van der Waals surface area contributed by atoms with Gasteiger partial charge in [0.25, 0.3) is 0 Å². The summed E-state index contributed by atoms with van der Waals surface area (Å²) in [4.78, 5) is 12.3. The minimum absolute atomic E-state index is 0.182. The van der Waals surface area contributed by atoms with E-state index in [1.807, 2.05) is 11.4 Å². The van der Waals surface area contributed by atoms with Crippen molar-refractivity contribution in [3.8, 4) is 16.2 Å². The molecule has 0 radical (unpaired) electrons. The van der Waals surface area contributed by atoms with Crippen molar-refractivity contribution < 1.29 is 14.6 Å². The van der Waals surface area contributed by atoms with E-state index >= 15 is 0 Å². The number of hydrogen-bond donors (Lipinski definition) is 1. The topological polar surface area (TPSA) is 46.5 Å². The second-order valence-electron chi connectivity index (χ2n) is 3.21. The fraction of sp³-hybridized carbons (Fsp3) is 0.0833. The summed E-state index contributed by atoms with van der Waals surface area (Å²) in [6.45, 7) is 0. The van der Waals surface area contributed by atoms with Crippen molar-refractivity contribution in [2.45, 2.75) is 0 Å². The van der Waals surface area contributed by atoms with Crippen LogP contribution in [0.15, 0.2) is 35.7 Å². The van der Waals surface area contributed by atoms with E-state index in [1.165, 1.54) is 18.4 Å². The second-order valence-corrected chi connectivity index (χ2v) is 4.12. The first-order chi connectivity index (χ1) is 7.72. The lowest BCUT2D eigenvalue weighted by Crippen LogP contribution is -2.00. The second kappa shape index (κ2) is 4.37. The maximum absolute atomic E-state index is 11.5. The predicted octanol–water partition coefficient (Wildman–Crippen LogP) is 2.91. The average molecular weight is 234 g/mol. The number of phenols is 1. The van der Waals surface area contributed by atoms with Gasteiger partial charge in [0.2, 0.25) is 0 Å². The van der Waals surface area contributed by atoms with Crippen LogP contribution in [0.4, 0.5) is 0 Å². The summed E-state index contributed by atoms with van der Waals surface area (Å²) in [6, 6.07) is 8.52. The minimum Gasteiger partial charge on any atom is -0.508 e. The van der Waals surface area contributed by atoms with Gasteiger partial charge in [0.05, 0.1) is 12.7 Å². The quantitative estimate of drug-likeness (QED) is 0.813. The molecule has 4 heteroatoms. The Morgan fingerprint density at radius 2 is 2.19 bits per heavy atom. The maximum atomic E-state index is 11.5. The van der Waals surface area contributed by atoms with Gasteiger partial charge in [0.15, 0.2) is 0 Å². The van der Waals surface area contributed by atoms with Crippen molar-refractivity contribution in [1.82, 2.24) is 0 Å². The standard InChI is InChI=1S/C12H10O3S/c1-15-12(14)10-5-6-16-11(10)8-3-2-4-9(13)7-8/h2-7,13H,1H3. The van der Waals surface area contributed by atoms with E-state index in [9.17, 15) is 9.90 Å². The molecule has 0 spiro atoms. The Hall–Kier alpha value is -1.81. The van der Waals surface area contributed by atoms with Crippen LogP contribution in [-0.2, 0) is 4.74 Å².